The van der Waals surface area contributed by atoms with Crippen LogP contribution in [0.4, 0.5) is 4.79 Å². The lowest BCUT2D eigenvalue weighted by molar-refractivity contribution is -0.155. The van der Waals surface area contributed by atoms with Gasteiger partial charge in [0.25, 0.3) is 0 Å². The molecule has 3 aliphatic rings. The second-order valence-electron chi connectivity index (χ2n) is 7.66. The van der Waals surface area contributed by atoms with Crippen molar-refractivity contribution in [2.75, 3.05) is 13.1 Å². The van der Waals surface area contributed by atoms with Gasteiger partial charge in [-0.3, -0.25) is 0 Å². The summed E-state index contributed by atoms with van der Waals surface area (Å²) < 4.78 is 2.19. The molecule has 2 aromatic rings. The zero-order valence-electron chi connectivity index (χ0n) is 13.9. The van der Waals surface area contributed by atoms with Crippen molar-refractivity contribution in [3.8, 4) is 11.3 Å². The Kier molecular flexibility index (Phi) is 3.04. The third kappa shape index (κ3) is 1.94. The number of nitrogens with zero attached hydrogens (tertiary/aromatic N) is 3. The van der Waals surface area contributed by atoms with Crippen molar-refractivity contribution in [1.29, 1.82) is 0 Å². The van der Waals surface area contributed by atoms with Gasteiger partial charge in [-0.15, -0.1) is 0 Å². The first-order chi connectivity index (χ1) is 12.1. The van der Waals surface area contributed by atoms with Crippen molar-refractivity contribution >= 4 is 6.09 Å². The van der Waals surface area contributed by atoms with Crippen LogP contribution in [0.15, 0.2) is 36.8 Å². The summed E-state index contributed by atoms with van der Waals surface area (Å²) in [5, 5.41) is 20.2. The predicted molar refractivity (Wildman–Crippen MR) is 91.2 cm³/mol. The number of rotatable bonds is 1. The van der Waals surface area contributed by atoms with E-state index in [9.17, 15) is 9.90 Å². The molecule has 1 aromatic heterocycles. The first-order valence-electron chi connectivity index (χ1n) is 8.88. The van der Waals surface area contributed by atoms with Gasteiger partial charge in [0.05, 0.1) is 30.4 Å². The molecular formula is C19H21N3O3. The number of imidazole rings is 1. The predicted octanol–water partition coefficient (Wildman–Crippen LogP) is 2.59. The first kappa shape index (κ1) is 15.0. The Bertz CT molecular complexity index is 838. The maximum Gasteiger partial charge on any atom is 0.407 e. The lowest BCUT2D eigenvalue weighted by Crippen LogP contribution is -2.59. The molecular weight excluding hydrogens is 318 g/mol. The Morgan fingerprint density at radius 3 is 2.72 bits per heavy atom. The van der Waals surface area contributed by atoms with Crippen LogP contribution in [0.25, 0.3) is 11.3 Å². The SMILES string of the molecule is O=C(O)N1CCC2(CC1)C[C@H](C1c3ccccc3-c3cncn31)[C@@H]2O. The smallest absolute Gasteiger partial charge is 0.407 e. The van der Waals surface area contributed by atoms with Crippen LogP contribution < -0.4 is 0 Å². The number of hydrogen-bond acceptors (Lipinski definition) is 3. The van der Waals surface area contributed by atoms with Gasteiger partial charge in [-0.25, -0.2) is 9.78 Å². The molecule has 2 fully saturated rings. The van der Waals surface area contributed by atoms with Gasteiger partial charge in [-0.05, 0) is 24.8 Å². The van der Waals surface area contributed by atoms with Crippen molar-refractivity contribution in [3.63, 3.8) is 0 Å². The van der Waals surface area contributed by atoms with E-state index in [0.717, 1.165) is 25.0 Å². The van der Waals surface area contributed by atoms with Crippen LogP contribution in [0.1, 0.15) is 30.9 Å². The summed E-state index contributed by atoms with van der Waals surface area (Å²) in [6, 6.07) is 8.50. The van der Waals surface area contributed by atoms with Crippen LogP contribution >= 0.6 is 0 Å². The van der Waals surface area contributed by atoms with Crippen LogP contribution in [0.3, 0.4) is 0 Å². The molecule has 2 aliphatic heterocycles. The fourth-order valence-electron chi connectivity index (χ4n) is 5.23. The highest BCUT2D eigenvalue weighted by Gasteiger charge is 2.58. The lowest BCUT2D eigenvalue weighted by Gasteiger charge is -2.57. The number of carbonyl (C=O) groups is 1. The van der Waals surface area contributed by atoms with Crippen LogP contribution in [0.5, 0.6) is 0 Å². The molecule has 3 atom stereocenters. The molecule has 1 spiro atoms. The minimum atomic E-state index is -0.854. The molecule has 25 heavy (non-hydrogen) atoms. The average Bonchev–Trinajstić information content (AvgIpc) is 3.21. The van der Waals surface area contributed by atoms with E-state index in [1.165, 1.54) is 16.0 Å². The van der Waals surface area contributed by atoms with Crippen molar-refractivity contribution in [3.05, 3.63) is 42.4 Å². The standard InChI is InChI=1S/C19H21N3O3/c23-17-14(9-19(17)5-7-21(8-6-19)18(24)25)16-13-4-2-1-3-12(13)15-10-20-11-22(15)16/h1-4,10-11,14,16-17,23H,5-9H2,(H,24,25)/t14-,16?,17+/m1/s1. The largest absolute Gasteiger partial charge is 0.465 e. The monoisotopic (exact) mass is 339 g/mol. The van der Waals surface area contributed by atoms with Crippen molar-refractivity contribution < 1.29 is 15.0 Å². The summed E-state index contributed by atoms with van der Waals surface area (Å²) in [6.07, 6.45) is 4.96. The molecule has 2 N–H and O–H groups in total. The number of fused-ring (bicyclic) bond motifs is 3. The molecule has 0 radical (unpaired) electrons. The van der Waals surface area contributed by atoms with E-state index in [1.54, 1.807) is 0 Å². The minimum absolute atomic E-state index is 0.116. The van der Waals surface area contributed by atoms with Gasteiger partial charge < -0.3 is 19.7 Å². The Morgan fingerprint density at radius 2 is 2.00 bits per heavy atom. The highest BCUT2D eigenvalue weighted by atomic mass is 16.4. The van der Waals surface area contributed by atoms with E-state index in [1.807, 2.05) is 18.6 Å². The van der Waals surface area contributed by atoms with Gasteiger partial charge in [0, 0.05) is 30.0 Å². The van der Waals surface area contributed by atoms with Crippen LogP contribution in [0.2, 0.25) is 0 Å². The van der Waals surface area contributed by atoms with Gasteiger partial charge in [-0.2, -0.15) is 0 Å². The summed E-state index contributed by atoms with van der Waals surface area (Å²) in [5.41, 5.74) is 3.48. The summed E-state index contributed by atoms with van der Waals surface area (Å²) in [7, 11) is 0. The second-order valence-corrected chi connectivity index (χ2v) is 7.66. The Morgan fingerprint density at radius 1 is 1.24 bits per heavy atom. The average molecular weight is 339 g/mol. The van der Waals surface area contributed by atoms with Crippen LogP contribution in [-0.4, -0.2) is 50.0 Å². The highest BCUT2D eigenvalue weighted by molar-refractivity contribution is 5.69. The quantitative estimate of drug-likeness (QED) is 0.837. The number of aliphatic hydroxyl groups excluding tert-OH is 1. The number of benzene rings is 1. The van der Waals surface area contributed by atoms with E-state index in [-0.39, 0.29) is 17.4 Å². The van der Waals surface area contributed by atoms with Gasteiger partial charge in [0.1, 0.15) is 0 Å². The first-order valence-corrected chi connectivity index (χ1v) is 8.88. The zero-order valence-corrected chi connectivity index (χ0v) is 13.9. The third-order valence-corrected chi connectivity index (χ3v) is 6.63. The molecule has 1 amide bonds. The highest BCUT2D eigenvalue weighted by Crippen LogP contribution is 2.59. The molecule has 3 heterocycles. The minimum Gasteiger partial charge on any atom is -0.465 e. The number of piperidine rings is 1. The van der Waals surface area contributed by atoms with Crippen molar-refractivity contribution in [1.82, 2.24) is 14.5 Å². The Labute approximate surface area is 145 Å². The topological polar surface area (TPSA) is 78.6 Å². The molecule has 130 valence electrons. The van der Waals surface area contributed by atoms with Gasteiger partial charge >= 0.3 is 6.09 Å². The third-order valence-electron chi connectivity index (χ3n) is 6.63. The van der Waals surface area contributed by atoms with Crippen LogP contribution in [-0.2, 0) is 0 Å². The molecule has 1 unspecified atom stereocenters. The Hall–Kier alpha value is -2.34. The number of aromatic nitrogens is 2. The van der Waals surface area contributed by atoms with Crippen molar-refractivity contribution in [2.24, 2.45) is 11.3 Å². The lowest BCUT2D eigenvalue weighted by atomic mass is 9.53. The molecule has 6 heteroatoms. The van der Waals surface area contributed by atoms with Gasteiger partial charge in [0.2, 0.25) is 0 Å². The maximum absolute atomic E-state index is 11.1. The van der Waals surface area contributed by atoms with Crippen LogP contribution in [0, 0.1) is 11.3 Å². The number of hydrogen-bond donors (Lipinski definition) is 2. The van der Waals surface area contributed by atoms with Crippen molar-refractivity contribution in [2.45, 2.75) is 31.4 Å². The fourth-order valence-corrected chi connectivity index (χ4v) is 5.23. The van der Waals surface area contributed by atoms with E-state index in [2.05, 4.69) is 27.8 Å². The zero-order chi connectivity index (χ0) is 17.2. The summed E-state index contributed by atoms with van der Waals surface area (Å²) >= 11 is 0. The molecule has 5 rings (SSSR count). The van der Waals surface area contributed by atoms with E-state index in [4.69, 9.17) is 5.11 Å². The maximum atomic E-state index is 11.1. The number of aliphatic hydroxyl groups is 1. The summed E-state index contributed by atoms with van der Waals surface area (Å²) in [6.45, 7) is 1.05. The van der Waals surface area contributed by atoms with Gasteiger partial charge in [0.15, 0.2) is 0 Å². The molecule has 1 aromatic carbocycles. The number of likely N-dealkylation sites (tertiary alicyclic amines) is 1. The fraction of sp³-hybridized carbons (Fsp3) is 0.474. The van der Waals surface area contributed by atoms with E-state index < -0.39 is 12.2 Å². The van der Waals surface area contributed by atoms with Gasteiger partial charge in [-0.1, -0.05) is 24.3 Å². The summed E-state index contributed by atoms with van der Waals surface area (Å²) in [4.78, 5) is 16.9. The molecule has 1 aliphatic carbocycles. The second kappa shape index (κ2) is 5.08. The van der Waals surface area contributed by atoms with E-state index in [0.29, 0.717) is 13.1 Å². The molecule has 0 bridgehead atoms. The molecule has 1 saturated heterocycles. The Balaban J connectivity index is 1.41. The summed E-state index contributed by atoms with van der Waals surface area (Å²) in [5.74, 6) is 0.160. The van der Waals surface area contributed by atoms with E-state index >= 15 is 0 Å². The number of carboxylic acid groups (broad SMARTS) is 1. The molecule has 6 nitrogen and oxygen atoms in total. The molecule has 1 saturated carbocycles. The number of amides is 1. The normalized spacial score (nSPS) is 29.2.